The van der Waals surface area contributed by atoms with Gasteiger partial charge in [0.25, 0.3) is 0 Å². The first-order valence-corrected chi connectivity index (χ1v) is 7.63. The van der Waals surface area contributed by atoms with Crippen LogP contribution in [0.25, 0.3) is 0 Å². The van der Waals surface area contributed by atoms with Gasteiger partial charge in [0, 0.05) is 30.8 Å². The molecule has 0 heterocycles. The summed E-state index contributed by atoms with van der Waals surface area (Å²) in [6.07, 6.45) is 0.786. The summed E-state index contributed by atoms with van der Waals surface area (Å²) in [4.78, 5) is 0. The SMILES string of the molecule is COCCCOCCOC(c1cccc(Br)c1)C(C)N. The highest BCUT2D eigenvalue weighted by Gasteiger charge is 2.16. The topological polar surface area (TPSA) is 53.7 Å². The molecule has 2 unspecified atom stereocenters. The first kappa shape index (κ1) is 17.6. The minimum atomic E-state index is -0.116. The summed E-state index contributed by atoms with van der Waals surface area (Å²) in [5.74, 6) is 0. The van der Waals surface area contributed by atoms with Crippen LogP contribution in [0.4, 0.5) is 0 Å². The Labute approximate surface area is 129 Å². The molecule has 0 saturated carbocycles. The first-order chi connectivity index (χ1) is 9.65. The number of hydrogen-bond acceptors (Lipinski definition) is 4. The monoisotopic (exact) mass is 345 g/mol. The standard InChI is InChI=1S/C15H24BrNO3/c1-12(17)15(13-5-3-6-14(16)11-13)20-10-9-19-8-4-7-18-2/h3,5-6,11-12,15H,4,7-10,17H2,1-2H3. The molecule has 1 aromatic rings. The van der Waals surface area contributed by atoms with Crippen molar-refractivity contribution >= 4 is 15.9 Å². The van der Waals surface area contributed by atoms with Crippen molar-refractivity contribution in [2.24, 2.45) is 5.73 Å². The fourth-order valence-electron chi connectivity index (χ4n) is 1.88. The summed E-state index contributed by atoms with van der Waals surface area (Å²) < 4.78 is 17.3. The van der Waals surface area contributed by atoms with E-state index in [4.69, 9.17) is 19.9 Å². The van der Waals surface area contributed by atoms with Crippen LogP contribution in [0.2, 0.25) is 0 Å². The first-order valence-electron chi connectivity index (χ1n) is 6.84. The lowest BCUT2D eigenvalue weighted by Crippen LogP contribution is -2.28. The molecule has 0 aromatic heterocycles. The second kappa shape index (κ2) is 10.3. The number of halogens is 1. The maximum atomic E-state index is 6.00. The lowest BCUT2D eigenvalue weighted by Gasteiger charge is -2.22. The van der Waals surface area contributed by atoms with Crippen molar-refractivity contribution in [1.29, 1.82) is 0 Å². The van der Waals surface area contributed by atoms with E-state index in [1.54, 1.807) is 7.11 Å². The van der Waals surface area contributed by atoms with Crippen LogP contribution in [0.1, 0.15) is 25.0 Å². The van der Waals surface area contributed by atoms with Crippen LogP contribution in [-0.2, 0) is 14.2 Å². The molecular weight excluding hydrogens is 322 g/mol. The number of methoxy groups -OCH3 is 1. The minimum absolute atomic E-state index is 0.0715. The Hall–Kier alpha value is -0.460. The fraction of sp³-hybridized carbons (Fsp3) is 0.600. The van der Waals surface area contributed by atoms with E-state index in [1.807, 2.05) is 31.2 Å². The Balaban J connectivity index is 2.33. The summed E-state index contributed by atoms with van der Waals surface area (Å²) >= 11 is 3.46. The zero-order chi connectivity index (χ0) is 14.8. The van der Waals surface area contributed by atoms with Gasteiger partial charge in [-0.05, 0) is 31.0 Å². The quantitative estimate of drug-likeness (QED) is 0.662. The highest BCUT2D eigenvalue weighted by molar-refractivity contribution is 9.10. The molecule has 5 heteroatoms. The molecule has 2 atom stereocenters. The summed E-state index contributed by atoms with van der Waals surface area (Å²) in [5.41, 5.74) is 7.08. The molecule has 2 N–H and O–H groups in total. The van der Waals surface area contributed by atoms with Gasteiger partial charge in [0.1, 0.15) is 0 Å². The number of rotatable bonds is 10. The molecule has 0 radical (unpaired) electrons. The van der Waals surface area contributed by atoms with Gasteiger partial charge in [-0.15, -0.1) is 0 Å². The van der Waals surface area contributed by atoms with Crippen LogP contribution in [0.3, 0.4) is 0 Å². The third kappa shape index (κ3) is 6.81. The molecule has 20 heavy (non-hydrogen) atoms. The molecule has 0 fully saturated rings. The van der Waals surface area contributed by atoms with Crippen LogP contribution >= 0.6 is 15.9 Å². The van der Waals surface area contributed by atoms with Crippen LogP contribution in [-0.4, -0.2) is 39.6 Å². The van der Waals surface area contributed by atoms with Gasteiger partial charge in [-0.25, -0.2) is 0 Å². The Bertz CT molecular complexity index is 374. The van der Waals surface area contributed by atoms with Gasteiger partial charge in [-0.2, -0.15) is 0 Å². The predicted molar refractivity (Wildman–Crippen MR) is 83.8 cm³/mol. The van der Waals surface area contributed by atoms with Gasteiger partial charge in [0.2, 0.25) is 0 Å². The highest BCUT2D eigenvalue weighted by Crippen LogP contribution is 2.23. The average Bonchev–Trinajstić information content (AvgIpc) is 2.41. The van der Waals surface area contributed by atoms with E-state index >= 15 is 0 Å². The molecule has 0 amide bonds. The third-order valence-corrected chi connectivity index (χ3v) is 3.31. The fourth-order valence-corrected chi connectivity index (χ4v) is 2.29. The van der Waals surface area contributed by atoms with E-state index in [2.05, 4.69) is 15.9 Å². The maximum Gasteiger partial charge on any atom is 0.0974 e. The van der Waals surface area contributed by atoms with E-state index in [-0.39, 0.29) is 12.1 Å². The Morgan fingerprint density at radius 2 is 2.00 bits per heavy atom. The van der Waals surface area contributed by atoms with Gasteiger partial charge in [0.15, 0.2) is 0 Å². The summed E-state index contributed by atoms with van der Waals surface area (Å²) in [5, 5.41) is 0. The summed E-state index contributed by atoms with van der Waals surface area (Å²) in [6.45, 7) is 4.47. The van der Waals surface area contributed by atoms with Gasteiger partial charge in [-0.1, -0.05) is 28.1 Å². The van der Waals surface area contributed by atoms with E-state index in [0.717, 1.165) is 23.1 Å². The smallest absolute Gasteiger partial charge is 0.0974 e. The molecule has 0 aliphatic carbocycles. The average molecular weight is 346 g/mol. The van der Waals surface area contributed by atoms with Crippen LogP contribution in [0.15, 0.2) is 28.7 Å². The zero-order valence-corrected chi connectivity index (χ0v) is 13.8. The molecule has 0 aliphatic rings. The largest absolute Gasteiger partial charge is 0.385 e. The number of nitrogens with two attached hydrogens (primary N) is 1. The van der Waals surface area contributed by atoms with Crippen molar-refractivity contribution < 1.29 is 14.2 Å². The Kier molecular flexibility index (Phi) is 9.05. The Morgan fingerprint density at radius 1 is 1.20 bits per heavy atom. The number of benzene rings is 1. The van der Waals surface area contributed by atoms with Crippen molar-refractivity contribution in [3.05, 3.63) is 34.3 Å². The molecule has 0 spiro atoms. The third-order valence-electron chi connectivity index (χ3n) is 2.82. The van der Waals surface area contributed by atoms with Crippen molar-refractivity contribution in [3.8, 4) is 0 Å². The van der Waals surface area contributed by atoms with E-state index in [9.17, 15) is 0 Å². The van der Waals surface area contributed by atoms with Gasteiger partial charge >= 0.3 is 0 Å². The van der Waals surface area contributed by atoms with Crippen LogP contribution in [0.5, 0.6) is 0 Å². The highest BCUT2D eigenvalue weighted by atomic mass is 79.9. The van der Waals surface area contributed by atoms with Gasteiger partial charge < -0.3 is 19.9 Å². The van der Waals surface area contributed by atoms with E-state index in [0.29, 0.717) is 19.8 Å². The predicted octanol–water partition coefficient (Wildman–Crippen LogP) is 2.91. The molecular formula is C15H24BrNO3. The molecule has 0 aliphatic heterocycles. The second-order valence-corrected chi connectivity index (χ2v) is 5.58. The van der Waals surface area contributed by atoms with E-state index in [1.165, 1.54) is 0 Å². The zero-order valence-electron chi connectivity index (χ0n) is 12.2. The molecule has 114 valence electrons. The lowest BCUT2D eigenvalue weighted by atomic mass is 10.0. The minimum Gasteiger partial charge on any atom is -0.385 e. The van der Waals surface area contributed by atoms with Crippen molar-refractivity contribution in [3.63, 3.8) is 0 Å². The van der Waals surface area contributed by atoms with E-state index < -0.39 is 0 Å². The van der Waals surface area contributed by atoms with Crippen molar-refractivity contribution in [2.45, 2.75) is 25.5 Å². The van der Waals surface area contributed by atoms with Crippen LogP contribution in [0, 0.1) is 0 Å². The van der Waals surface area contributed by atoms with Gasteiger partial charge in [0.05, 0.1) is 19.3 Å². The van der Waals surface area contributed by atoms with Crippen molar-refractivity contribution in [1.82, 2.24) is 0 Å². The summed E-state index contributed by atoms with van der Waals surface area (Å²) in [6, 6.07) is 7.96. The van der Waals surface area contributed by atoms with Crippen LogP contribution < -0.4 is 5.73 Å². The van der Waals surface area contributed by atoms with Crippen molar-refractivity contribution in [2.75, 3.05) is 33.5 Å². The normalized spacial score (nSPS) is 14.2. The van der Waals surface area contributed by atoms with Gasteiger partial charge in [-0.3, -0.25) is 0 Å². The molecule has 1 rings (SSSR count). The molecule has 0 bridgehead atoms. The molecule has 0 saturated heterocycles. The molecule has 1 aromatic carbocycles. The lowest BCUT2D eigenvalue weighted by molar-refractivity contribution is -0.00765. The number of ether oxygens (including phenoxy) is 3. The number of hydrogen-bond donors (Lipinski definition) is 1. The maximum absolute atomic E-state index is 6.00. The molecule has 4 nitrogen and oxygen atoms in total. The second-order valence-electron chi connectivity index (χ2n) is 4.66. The summed E-state index contributed by atoms with van der Waals surface area (Å²) in [7, 11) is 1.69. The Morgan fingerprint density at radius 3 is 2.65 bits per heavy atom.